The number of nitrogens with zero attached hydrogens (tertiary/aromatic N) is 1. The third-order valence-corrected chi connectivity index (χ3v) is 9.82. The molecule has 28 heavy (non-hydrogen) atoms. The summed E-state index contributed by atoms with van der Waals surface area (Å²) in [4.78, 5) is 2.16. The van der Waals surface area contributed by atoms with Gasteiger partial charge in [-0.1, -0.05) is 24.3 Å². The molecule has 4 rings (SSSR count). The van der Waals surface area contributed by atoms with E-state index in [1.54, 1.807) is 12.1 Å². The quantitative estimate of drug-likeness (QED) is 0.747. The standard InChI is InChI=1S/C20H23NO5S2/c1-26-17-6-8-18(9-7-17)28(24,25)20-14-27(22,23)13-19(20)21-11-10-15-4-2-3-5-16(15)12-21/h2-9,19-20H,10-14H2,1H3/t19-,20-/m0/s1. The van der Waals surface area contributed by atoms with E-state index in [0.29, 0.717) is 18.8 Å². The predicted octanol–water partition coefficient (Wildman–Crippen LogP) is 1.69. The molecule has 2 heterocycles. The summed E-state index contributed by atoms with van der Waals surface area (Å²) in [6.07, 6.45) is 0.794. The minimum Gasteiger partial charge on any atom is -0.497 e. The van der Waals surface area contributed by atoms with Crippen molar-refractivity contribution in [1.29, 1.82) is 0 Å². The maximum atomic E-state index is 13.3. The zero-order valence-corrected chi connectivity index (χ0v) is 17.2. The summed E-state index contributed by atoms with van der Waals surface area (Å²) in [6.45, 7) is 1.23. The summed E-state index contributed by atoms with van der Waals surface area (Å²) in [5.41, 5.74) is 2.38. The Kier molecular flexibility index (Phi) is 4.97. The zero-order valence-electron chi connectivity index (χ0n) is 15.6. The van der Waals surface area contributed by atoms with Gasteiger partial charge in [0.2, 0.25) is 0 Å². The Balaban J connectivity index is 1.66. The number of rotatable bonds is 4. The first-order valence-corrected chi connectivity index (χ1v) is 12.6. The van der Waals surface area contributed by atoms with Crippen LogP contribution in [0.15, 0.2) is 53.4 Å². The molecule has 2 aliphatic heterocycles. The summed E-state index contributed by atoms with van der Waals surface area (Å²) in [5.74, 6) is 0.113. The number of hydrogen-bond acceptors (Lipinski definition) is 6. The van der Waals surface area contributed by atoms with E-state index in [2.05, 4.69) is 6.07 Å². The molecule has 0 aliphatic carbocycles. The lowest BCUT2D eigenvalue weighted by molar-refractivity contribution is 0.195. The highest BCUT2D eigenvalue weighted by molar-refractivity contribution is 7.96. The third-order valence-electron chi connectivity index (χ3n) is 5.69. The van der Waals surface area contributed by atoms with Gasteiger partial charge in [0.25, 0.3) is 0 Å². The van der Waals surface area contributed by atoms with Crippen molar-refractivity contribution in [2.75, 3.05) is 25.2 Å². The Bertz CT molecular complexity index is 1080. The van der Waals surface area contributed by atoms with E-state index in [9.17, 15) is 16.8 Å². The Hall–Kier alpha value is -1.90. The van der Waals surface area contributed by atoms with E-state index >= 15 is 0 Å². The van der Waals surface area contributed by atoms with Gasteiger partial charge in [0.1, 0.15) is 5.75 Å². The lowest BCUT2D eigenvalue weighted by atomic mass is 9.98. The van der Waals surface area contributed by atoms with Gasteiger partial charge in [-0.3, -0.25) is 4.90 Å². The minimum absolute atomic E-state index is 0.116. The second-order valence-electron chi connectivity index (χ2n) is 7.39. The second-order valence-corrected chi connectivity index (χ2v) is 11.7. The molecule has 0 amide bonds. The summed E-state index contributed by atoms with van der Waals surface area (Å²) in [7, 11) is -5.70. The van der Waals surface area contributed by atoms with E-state index in [0.717, 1.165) is 12.0 Å². The van der Waals surface area contributed by atoms with Gasteiger partial charge < -0.3 is 4.74 Å². The molecule has 0 radical (unpaired) electrons. The van der Waals surface area contributed by atoms with Crippen molar-refractivity contribution in [3.63, 3.8) is 0 Å². The van der Waals surface area contributed by atoms with Gasteiger partial charge in [0.15, 0.2) is 19.7 Å². The number of ether oxygens (including phenoxy) is 1. The number of sulfone groups is 2. The lowest BCUT2D eigenvalue weighted by Crippen LogP contribution is -2.48. The number of benzene rings is 2. The molecule has 8 heteroatoms. The molecule has 0 spiro atoms. The van der Waals surface area contributed by atoms with Gasteiger partial charge >= 0.3 is 0 Å². The first-order chi connectivity index (χ1) is 13.3. The average molecular weight is 422 g/mol. The van der Waals surface area contributed by atoms with Crippen molar-refractivity contribution in [2.24, 2.45) is 0 Å². The average Bonchev–Trinajstić information content (AvgIpc) is 3.04. The van der Waals surface area contributed by atoms with Gasteiger partial charge in [-0.25, -0.2) is 16.8 Å². The summed E-state index contributed by atoms with van der Waals surface area (Å²) in [6, 6.07) is 13.7. The largest absolute Gasteiger partial charge is 0.497 e. The Morgan fingerprint density at radius 2 is 1.68 bits per heavy atom. The molecule has 2 aromatic carbocycles. The fraction of sp³-hybridized carbons (Fsp3) is 0.400. The molecule has 0 N–H and O–H groups in total. The molecule has 6 nitrogen and oxygen atoms in total. The van der Waals surface area contributed by atoms with Crippen LogP contribution < -0.4 is 4.74 Å². The topological polar surface area (TPSA) is 80.8 Å². The monoisotopic (exact) mass is 421 g/mol. The Morgan fingerprint density at radius 1 is 1.00 bits per heavy atom. The van der Waals surface area contributed by atoms with Crippen LogP contribution in [0.2, 0.25) is 0 Å². The molecule has 0 aromatic heterocycles. The molecule has 150 valence electrons. The lowest BCUT2D eigenvalue weighted by Gasteiger charge is -2.35. The molecule has 0 unspecified atom stereocenters. The van der Waals surface area contributed by atoms with Crippen LogP contribution in [-0.4, -0.2) is 58.2 Å². The highest BCUT2D eigenvalue weighted by atomic mass is 32.2. The molecule has 0 saturated carbocycles. The smallest absolute Gasteiger partial charge is 0.183 e. The van der Waals surface area contributed by atoms with Crippen molar-refractivity contribution >= 4 is 19.7 Å². The first-order valence-electron chi connectivity index (χ1n) is 9.19. The van der Waals surface area contributed by atoms with Crippen molar-refractivity contribution in [3.05, 3.63) is 59.7 Å². The highest BCUT2D eigenvalue weighted by Crippen LogP contribution is 2.32. The number of methoxy groups -OCH3 is 1. The van der Waals surface area contributed by atoms with Crippen LogP contribution in [-0.2, 0) is 32.6 Å². The van der Waals surface area contributed by atoms with Crippen LogP contribution in [0.4, 0.5) is 0 Å². The van der Waals surface area contributed by atoms with Crippen LogP contribution in [0.25, 0.3) is 0 Å². The van der Waals surface area contributed by atoms with E-state index in [-0.39, 0.29) is 16.4 Å². The van der Waals surface area contributed by atoms with E-state index in [1.807, 2.05) is 23.1 Å². The van der Waals surface area contributed by atoms with Gasteiger partial charge in [-0.15, -0.1) is 0 Å². The molecule has 2 aliphatic rings. The van der Waals surface area contributed by atoms with Gasteiger partial charge in [0.05, 0.1) is 28.8 Å². The first kappa shape index (κ1) is 19.4. The van der Waals surface area contributed by atoms with Crippen molar-refractivity contribution in [1.82, 2.24) is 4.90 Å². The van der Waals surface area contributed by atoms with Crippen molar-refractivity contribution in [2.45, 2.75) is 29.2 Å². The van der Waals surface area contributed by atoms with Crippen LogP contribution in [0.5, 0.6) is 5.75 Å². The predicted molar refractivity (Wildman–Crippen MR) is 107 cm³/mol. The SMILES string of the molecule is COc1ccc(S(=O)(=O)[C@H]2CS(=O)(=O)C[C@@H]2N2CCc3ccccc3C2)cc1. The zero-order chi connectivity index (χ0) is 19.9. The Labute approximate surface area is 166 Å². The van der Waals surface area contributed by atoms with Gasteiger partial charge in [-0.2, -0.15) is 0 Å². The molecule has 1 fully saturated rings. The van der Waals surface area contributed by atoms with Crippen molar-refractivity contribution < 1.29 is 21.6 Å². The van der Waals surface area contributed by atoms with E-state index in [4.69, 9.17) is 4.74 Å². The van der Waals surface area contributed by atoms with Crippen LogP contribution in [0.3, 0.4) is 0 Å². The normalized spacial score (nSPS) is 24.6. The fourth-order valence-corrected chi connectivity index (χ4v) is 9.00. The van der Waals surface area contributed by atoms with Crippen LogP contribution >= 0.6 is 0 Å². The van der Waals surface area contributed by atoms with E-state index < -0.39 is 31.0 Å². The van der Waals surface area contributed by atoms with Gasteiger partial charge in [-0.05, 0) is 41.8 Å². The second kappa shape index (κ2) is 7.17. The van der Waals surface area contributed by atoms with Gasteiger partial charge in [0, 0.05) is 19.1 Å². The van der Waals surface area contributed by atoms with Crippen molar-refractivity contribution in [3.8, 4) is 5.75 Å². The number of hydrogen-bond donors (Lipinski definition) is 0. The number of fused-ring (bicyclic) bond motifs is 1. The Morgan fingerprint density at radius 3 is 2.36 bits per heavy atom. The molecular weight excluding hydrogens is 398 g/mol. The maximum Gasteiger partial charge on any atom is 0.183 e. The fourth-order valence-electron chi connectivity index (χ4n) is 4.17. The minimum atomic E-state index is -3.79. The van der Waals surface area contributed by atoms with Crippen LogP contribution in [0, 0.1) is 0 Å². The summed E-state index contributed by atoms with van der Waals surface area (Å²) >= 11 is 0. The molecule has 1 saturated heterocycles. The summed E-state index contributed by atoms with van der Waals surface area (Å²) in [5, 5.41) is -0.962. The van der Waals surface area contributed by atoms with Crippen LogP contribution in [0.1, 0.15) is 11.1 Å². The molecule has 2 atom stereocenters. The maximum absolute atomic E-state index is 13.3. The third kappa shape index (κ3) is 3.56. The molecule has 2 aromatic rings. The van der Waals surface area contributed by atoms with E-state index in [1.165, 1.54) is 24.8 Å². The highest BCUT2D eigenvalue weighted by Gasteiger charge is 2.48. The molecular formula is C20H23NO5S2. The molecule has 0 bridgehead atoms. The summed E-state index contributed by atoms with van der Waals surface area (Å²) < 4.78 is 56.5.